The molecule has 0 saturated heterocycles. The minimum atomic E-state index is -1.05. The van der Waals surface area contributed by atoms with E-state index < -0.39 is 5.97 Å². The van der Waals surface area contributed by atoms with E-state index in [-0.39, 0.29) is 5.69 Å². The minimum absolute atomic E-state index is 0.0224. The first-order valence-corrected chi connectivity index (χ1v) is 6.55. The van der Waals surface area contributed by atoms with Crippen LogP contribution in [0, 0.1) is 0 Å². The molecule has 1 aromatic heterocycles. The predicted octanol–water partition coefficient (Wildman–Crippen LogP) is 0.771. The minimum Gasteiger partial charge on any atom is -0.476 e. The molecule has 0 aliphatic heterocycles. The highest BCUT2D eigenvalue weighted by Gasteiger charge is 2.07. The van der Waals surface area contributed by atoms with Crippen molar-refractivity contribution in [1.29, 1.82) is 0 Å². The van der Waals surface area contributed by atoms with Gasteiger partial charge in [-0.1, -0.05) is 5.21 Å². The van der Waals surface area contributed by atoms with Crippen molar-refractivity contribution in [2.24, 2.45) is 0 Å². The first-order chi connectivity index (χ1) is 9.09. The first kappa shape index (κ1) is 15.6. The zero-order valence-electron chi connectivity index (χ0n) is 11.5. The molecule has 1 heterocycles. The quantitative estimate of drug-likeness (QED) is 0.610. The summed E-state index contributed by atoms with van der Waals surface area (Å²) in [4.78, 5) is 10.6. The number of carboxylic acid groups (broad SMARTS) is 1. The van der Waals surface area contributed by atoms with E-state index in [0.29, 0.717) is 12.6 Å². The maximum atomic E-state index is 10.6. The number of hydrogen-bond donors (Lipinski definition) is 2. The van der Waals surface area contributed by atoms with Crippen LogP contribution < -0.4 is 5.32 Å². The van der Waals surface area contributed by atoms with Gasteiger partial charge in [-0.05, 0) is 33.2 Å². The van der Waals surface area contributed by atoms with Gasteiger partial charge < -0.3 is 15.2 Å². The molecule has 0 bridgehead atoms. The SMILES string of the molecule is CC(C)OCCCCNCCn1cc(C(=O)O)nn1. The molecule has 0 atom stereocenters. The van der Waals surface area contributed by atoms with E-state index in [1.807, 2.05) is 13.8 Å². The van der Waals surface area contributed by atoms with Gasteiger partial charge >= 0.3 is 5.97 Å². The van der Waals surface area contributed by atoms with E-state index in [0.717, 1.165) is 32.5 Å². The van der Waals surface area contributed by atoms with Crippen LogP contribution in [0.1, 0.15) is 37.2 Å². The predicted molar refractivity (Wildman–Crippen MR) is 70.2 cm³/mol. The third-order valence-corrected chi connectivity index (χ3v) is 2.47. The van der Waals surface area contributed by atoms with E-state index >= 15 is 0 Å². The summed E-state index contributed by atoms with van der Waals surface area (Å²) in [5.74, 6) is -1.05. The van der Waals surface area contributed by atoms with Crippen LogP contribution in [0.5, 0.6) is 0 Å². The lowest BCUT2D eigenvalue weighted by Gasteiger charge is -2.07. The summed E-state index contributed by atoms with van der Waals surface area (Å²) in [6.45, 7) is 7.13. The normalized spacial score (nSPS) is 11.1. The Morgan fingerprint density at radius 2 is 2.26 bits per heavy atom. The van der Waals surface area contributed by atoms with Crippen LogP contribution in [0.3, 0.4) is 0 Å². The Kier molecular flexibility index (Phi) is 7.06. The number of nitrogens with zero attached hydrogens (tertiary/aromatic N) is 3. The highest BCUT2D eigenvalue weighted by Crippen LogP contribution is 1.94. The molecular formula is C12H22N4O3. The van der Waals surface area contributed by atoms with Crippen molar-refractivity contribution < 1.29 is 14.6 Å². The van der Waals surface area contributed by atoms with E-state index in [1.54, 1.807) is 0 Å². The second kappa shape index (κ2) is 8.60. The monoisotopic (exact) mass is 270 g/mol. The second-order valence-electron chi connectivity index (χ2n) is 4.55. The van der Waals surface area contributed by atoms with Gasteiger partial charge in [0.2, 0.25) is 0 Å². The molecule has 0 amide bonds. The van der Waals surface area contributed by atoms with Crippen molar-refractivity contribution in [3.63, 3.8) is 0 Å². The van der Waals surface area contributed by atoms with E-state index in [1.165, 1.54) is 10.9 Å². The van der Waals surface area contributed by atoms with Crippen LogP contribution in [-0.4, -0.2) is 51.9 Å². The number of carboxylic acids is 1. The highest BCUT2D eigenvalue weighted by molar-refractivity contribution is 5.84. The summed E-state index contributed by atoms with van der Waals surface area (Å²) in [6, 6.07) is 0. The van der Waals surface area contributed by atoms with E-state index in [4.69, 9.17) is 9.84 Å². The fourth-order valence-electron chi connectivity index (χ4n) is 1.50. The molecule has 0 radical (unpaired) electrons. The van der Waals surface area contributed by atoms with Crippen LogP contribution in [0.25, 0.3) is 0 Å². The van der Waals surface area contributed by atoms with Gasteiger partial charge in [0.25, 0.3) is 0 Å². The number of ether oxygens (including phenoxy) is 1. The summed E-state index contributed by atoms with van der Waals surface area (Å²) >= 11 is 0. The molecule has 0 aliphatic carbocycles. The van der Waals surface area contributed by atoms with Gasteiger partial charge in [0.15, 0.2) is 5.69 Å². The highest BCUT2D eigenvalue weighted by atomic mass is 16.5. The lowest BCUT2D eigenvalue weighted by atomic mass is 10.3. The maximum Gasteiger partial charge on any atom is 0.358 e. The molecule has 0 aromatic carbocycles. The Bertz CT molecular complexity index is 379. The zero-order chi connectivity index (χ0) is 14.1. The molecule has 7 nitrogen and oxygen atoms in total. The van der Waals surface area contributed by atoms with Crippen molar-refractivity contribution in [1.82, 2.24) is 20.3 Å². The Balaban J connectivity index is 2.00. The van der Waals surface area contributed by atoms with Crippen molar-refractivity contribution >= 4 is 5.97 Å². The van der Waals surface area contributed by atoms with E-state index in [2.05, 4.69) is 15.6 Å². The summed E-state index contributed by atoms with van der Waals surface area (Å²) in [5, 5.41) is 19.2. The largest absolute Gasteiger partial charge is 0.476 e. The number of rotatable bonds is 10. The molecule has 108 valence electrons. The first-order valence-electron chi connectivity index (χ1n) is 6.55. The molecule has 2 N–H and O–H groups in total. The Hall–Kier alpha value is -1.47. The molecule has 0 unspecified atom stereocenters. The molecule has 0 saturated carbocycles. The van der Waals surface area contributed by atoms with Gasteiger partial charge in [0.05, 0.1) is 18.8 Å². The molecule has 0 fully saturated rings. The van der Waals surface area contributed by atoms with Crippen molar-refractivity contribution in [3.8, 4) is 0 Å². The van der Waals surface area contributed by atoms with E-state index in [9.17, 15) is 4.79 Å². The Labute approximate surface area is 112 Å². The van der Waals surface area contributed by atoms with Gasteiger partial charge in [-0.3, -0.25) is 4.68 Å². The van der Waals surface area contributed by atoms with Gasteiger partial charge in [-0.2, -0.15) is 0 Å². The number of aromatic nitrogens is 3. The van der Waals surface area contributed by atoms with Crippen molar-refractivity contribution in [2.75, 3.05) is 19.7 Å². The zero-order valence-corrected chi connectivity index (χ0v) is 11.5. The molecule has 7 heteroatoms. The lowest BCUT2D eigenvalue weighted by Crippen LogP contribution is -2.21. The van der Waals surface area contributed by atoms with Crippen LogP contribution in [-0.2, 0) is 11.3 Å². The fourth-order valence-corrected chi connectivity index (χ4v) is 1.50. The number of carbonyl (C=O) groups is 1. The van der Waals surface area contributed by atoms with Crippen LogP contribution in [0.4, 0.5) is 0 Å². The fraction of sp³-hybridized carbons (Fsp3) is 0.750. The number of unbranched alkanes of at least 4 members (excludes halogenated alkanes) is 1. The van der Waals surface area contributed by atoms with Crippen molar-refractivity contribution in [2.45, 2.75) is 39.3 Å². The average Bonchev–Trinajstić information content (AvgIpc) is 2.81. The number of hydrogen-bond acceptors (Lipinski definition) is 5. The van der Waals surface area contributed by atoms with Crippen LogP contribution in [0.15, 0.2) is 6.20 Å². The van der Waals surface area contributed by atoms with Crippen molar-refractivity contribution in [3.05, 3.63) is 11.9 Å². The maximum absolute atomic E-state index is 10.6. The standard InChI is InChI=1S/C12H22N4O3/c1-10(2)19-8-4-3-5-13-6-7-16-9-11(12(17)18)14-15-16/h9-10,13H,3-8H2,1-2H3,(H,17,18). The average molecular weight is 270 g/mol. The van der Waals surface area contributed by atoms with Gasteiger partial charge in [0.1, 0.15) is 0 Å². The molecular weight excluding hydrogens is 248 g/mol. The van der Waals surface area contributed by atoms with Crippen LogP contribution in [0.2, 0.25) is 0 Å². The molecule has 1 rings (SSSR count). The van der Waals surface area contributed by atoms with Gasteiger partial charge in [0, 0.05) is 13.2 Å². The number of aromatic carboxylic acids is 1. The Morgan fingerprint density at radius 3 is 2.89 bits per heavy atom. The number of nitrogens with one attached hydrogen (secondary N) is 1. The molecule has 0 aliphatic rings. The third-order valence-electron chi connectivity index (χ3n) is 2.47. The summed E-state index contributed by atoms with van der Waals surface area (Å²) < 4.78 is 6.96. The summed E-state index contributed by atoms with van der Waals surface area (Å²) in [6.07, 6.45) is 3.83. The molecule has 0 spiro atoms. The van der Waals surface area contributed by atoms with Crippen LogP contribution >= 0.6 is 0 Å². The Morgan fingerprint density at radius 1 is 1.47 bits per heavy atom. The molecule has 19 heavy (non-hydrogen) atoms. The second-order valence-corrected chi connectivity index (χ2v) is 4.55. The lowest BCUT2D eigenvalue weighted by molar-refractivity contribution is 0.0690. The topological polar surface area (TPSA) is 89.3 Å². The van der Waals surface area contributed by atoms with Gasteiger partial charge in [-0.25, -0.2) is 4.79 Å². The molecule has 1 aromatic rings. The summed E-state index contributed by atoms with van der Waals surface area (Å²) in [5.41, 5.74) is -0.0224. The summed E-state index contributed by atoms with van der Waals surface area (Å²) in [7, 11) is 0. The smallest absolute Gasteiger partial charge is 0.358 e. The van der Waals surface area contributed by atoms with Gasteiger partial charge in [-0.15, -0.1) is 5.10 Å². The third kappa shape index (κ3) is 6.88.